The molecule has 2 rings (SSSR count). The van der Waals surface area contributed by atoms with Gasteiger partial charge in [-0.05, 0) is 57.8 Å². The number of hydrogen-bond donors (Lipinski definition) is 1. The summed E-state index contributed by atoms with van der Waals surface area (Å²) >= 11 is 0. The summed E-state index contributed by atoms with van der Waals surface area (Å²) in [7, 11) is -5.74. The number of carbonyl (C=O) groups is 2. The van der Waals surface area contributed by atoms with Gasteiger partial charge in [-0.2, -0.15) is 21.6 Å². The average Bonchev–Trinajstić information content (AvgIpc) is 2.58. The number of rotatable bonds is 7. The quantitative estimate of drug-likeness (QED) is 0.602. The molecule has 0 saturated heterocycles. The lowest BCUT2D eigenvalue weighted by molar-refractivity contribution is -0.181. The molecule has 2 atom stereocenters. The van der Waals surface area contributed by atoms with Gasteiger partial charge >= 0.3 is 21.5 Å². The van der Waals surface area contributed by atoms with Crippen LogP contribution in [0.25, 0.3) is 0 Å². The van der Waals surface area contributed by atoms with Gasteiger partial charge in [-0.1, -0.05) is 26.2 Å². The first kappa shape index (κ1) is 24.0. The Labute approximate surface area is 170 Å². The van der Waals surface area contributed by atoms with Crippen molar-refractivity contribution >= 4 is 21.9 Å². The second kappa shape index (κ2) is 8.43. The van der Waals surface area contributed by atoms with Gasteiger partial charge < -0.3 is 4.74 Å². The number of carbonyl (C=O) groups excluding carboxylic acids is 2. The third-order valence-electron chi connectivity index (χ3n) is 6.32. The summed E-state index contributed by atoms with van der Waals surface area (Å²) in [6.07, 6.45) is 5.28. The van der Waals surface area contributed by atoms with Crippen molar-refractivity contribution in [2.24, 2.45) is 17.3 Å². The van der Waals surface area contributed by atoms with Crippen LogP contribution in [0.5, 0.6) is 0 Å². The van der Waals surface area contributed by atoms with Gasteiger partial charge in [-0.25, -0.2) is 4.72 Å². The van der Waals surface area contributed by atoms with E-state index < -0.39 is 44.8 Å². The number of esters is 1. The topological polar surface area (TPSA) is 89.5 Å². The van der Waals surface area contributed by atoms with Crippen molar-refractivity contribution in [3.05, 3.63) is 0 Å². The zero-order valence-electron chi connectivity index (χ0n) is 17.1. The fraction of sp³-hybridized carbons (Fsp3) is 0.895. The number of ether oxygens (including phenoxy) is 1. The van der Waals surface area contributed by atoms with E-state index in [4.69, 9.17) is 4.74 Å². The third-order valence-corrected chi connectivity index (χ3v) is 7.42. The highest BCUT2D eigenvalue weighted by molar-refractivity contribution is 7.90. The molecule has 1 amide bonds. The van der Waals surface area contributed by atoms with E-state index >= 15 is 0 Å². The Bertz CT molecular complexity index is 721. The van der Waals surface area contributed by atoms with Crippen molar-refractivity contribution in [3.8, 4) is 0 Å². The van der Waals surface area contributed by atoms with Crippen molar-refractivity contribution in [2.75, 3.05) is 0 Å². The van der Waals surface area contributed by atoms with E-state index in [1.54, 1.807) is 13.8 Å². The number of nitrogens with one attached hydrogen (secondary N) is 1. The minimum atomic E-state index is -5.74. The first-order valence-corrected chi connectivity index (χ1v) is 11.5. The van der Waals surface area contributed by atoms with Gasteiger partial charge in [-0.15, -0.1) is 0 Å². The second-order valence-electron chi connectivity index (χ2n) is 9.09. The predicted molar refractivity (Wildman–Crippen MR) is 99.9 cm³/mol. The number of halogens is 3. The second-order valence-corrected chi connectivity index (χ2v) is 10.8. The van der Waals surface area contributed by atoms with Crippen LogP contribution in [0.3, 0.4) is 0 Å². The van der Waals surface area contributed by atoms with Gasteiger partial charge in [0.05, 0.1) is 5.41 Å². The monoisotopic (exact) mass is 441 g/mol. The fourth-order valence-corrected chi connectivity index (χ4v) is 4.84. The standard InChI is InChI=1S/C19H30F3NO5S/c1-4-17(2,3)16(25)28-18(11-13-6-5-7-14(10-13)12-18)9-8-15(24)23-29(26,27)19(20,21)22/h13-14H,4-12H2,1-3H3,(H,23,24). The Morgan fingerprint density at radius 2 is 1.69 bits per heavy atom. The van der Waals surface area contributed by atoms with Gasteiger partial charge in [0.1, 0.15) is 5.60 Å². The summed E-state index contributed by atoms with van der Waals surface area (Å²) in [5, 5.41) is 0. The number of alkyl halides is 3. The van der Waals surface area contributed by atoms with Crippen LogP contribution in [0.2, 0.25) is 0 Å². The van der Waals surface area contributed by atoms with Crippen molar-refractivity contribution in [1.82, 2.24) is 4.72 Å². The molecule has 0 heterocycles. The molecule has 0 aromatic heterocycles. The highest BCUT2D eigenvalue weighted by atomic mass is 32.2. The molecule has 0 spiro atoms. The minimum Gasteiger partial charge on any atom is -0.459 e. The van der Waals surface area contributed by atoms with E-state index in [2.05, 4.69) is 0 Å². The zero-order valence-corrected chi connectivity index (χ0v) is 17.9. The molecular weight excluding hydrogens is 411 g/mol. The van der Waals surface area contributed by atoms with E-state index in [1.807, 2.05) is 6.92 Å². The third kappa shape index (κ3) is 5.86. The summed E-state index contributed by atoms with van der Waals surface area (Å²) in [6, 6.07) is 0. The van der Waals surface area contributed by atoms with Gasteiger partial charge in [0.25, 0.3) is 0 Å². The normalized spacial score (nSPS) is 27.9. The van der Waals surface area contributed by atoms with E-state index in [-0.39, 0.29) is 6.42 Å². The van der Waals surface area contributed by atoms with Crippen LogP contribution >= 0.6 is 0 Å². The number of fused-ring (bicyclic) bond motifs is 2. The highest BCUT2D eigenvalue weighted by Crippen LogP contribution is 2.48. The molecule has 0 aromatic rings. The lowest BCUT2D eigenvalue weighted by Gasteiger charge is -2.47. The first-order valence-electron chi connectivity index (χ1n) is 10.0. The highest BCUT2D eigenvalue weighted by Gasteiger charge is 2.49. The number of amides is 1. The molecule has 0 aromatic carbocycles. The Morgan fingerprint density at radius 3 is 2.17 bits per heavy atom. The molecule has 0 aliphatic heterocycles. The van der Waals surface area contributed by atoms with Crippen LogP contribution in [0.1, 0.15) is 78.6 Å². The van der Waals surface area contributed by atoms with Crippen LogP contribution in [-0.4, -0.2) is 31.4 Å². The summed E-state index contributed by atoms with van der Waals surface area (Å²) in [6.45, 7) is 5.38. The summed E-state index contributed by atoms with van der Waals surface area (Å²) in [5.41, 5.74) is -7.22. The van der Waals surface area contributed by atoms with Gasteiger partial charge in [0.2, 0.25) is 5.91 Å². The number of sulfonamides is 1. The Balaban J connectivity index is 2.14. The largest absolute Gasteiger partial charge is 0.516 e. The smallest absolute Gasteiger partial charge is 0.459 e. The van der Waals surface area contributed by atoms with E-state index in [1.165, 1.54) is 0 Å². The Kier molecular flexibility index (Phi) is 6.96. The number of hydrogen-bond acceptors (Lipinski definition) is 5. The van der Waals surface area contributed by atoms with Crippen molar-refractivity contribution in [3.63, 3.8) is 0 Å². The molecule has 2 aliphatic carbocycles. The predicted octanol–water partition coefficient (Wildman–Crippen LogP) is 4.05. The summed E-state index contributed by atoms with van der Waals surface area (Å²) < 4.78 is 66.8. The SMILES string of the molecule is CCC(C)(C)C(=O)OC1(CCC(=O)NS(=O)(=O)C(F)(F)F)CC2CCCC(C2)C1. The molecule has 2 saturated carbocycles. The van der Waals surface area contributed by atoms with Crippen LogP contribution in [0.4, 0.5) is 13.2 Å². The van der Waals surface area contributed by atoms with Gasteiger partial charge in [0.15, 0.2) is 0 Å². The Morgan fingerprint density at radius 1 is 1.14 bits per heavy atom. The lowest BCUT2D eigenvalue weighted by Crippen LogP contribution is -2.48. The van der Waals surface area contributed by atoms with Crippen molar-refractivity contribution < 1.29 is 35.9 Å². The molecule has 6 nitrogen and oxygen atoms in total. The molecule has 2 unspecified atom stereocenters. The molecule has 2 aliphatic rings. The maximum atomic E-state index is 12.7. The molecule has 10 heteroatoms. The van der Waals surface area contributed by atoms with E-state index in [0.717, 1.165) is 30.4 Å². The molecular formula is C19H30F3NO5S. The molecule has 1 N–H and O–H groups in total. The maximum absolute atomic E-state index is 12.7. The Hall–Kier alpha value is -1.32. The molecule has 2 fully saturated rings. The summed E-state index contributed by atoms with van der Waals surface area (Å²) in [5.74, 6) is -0.976. The molecule has 168 valence electrons. The van der Waals surface area contributed by atoms with Crippen LogP contribution in [-0.2, 0) is 24.3 Å². The van der Waals surface area contributed by atoms with Gasteiger partial charge in [0, 0.05) is 6.42 Å². The molecule has 0 radical (unpaired) electrons. The minimum absolute atomic E-state index is 0.00471. The summed E-state index contributed by atoms with van der Waals surface area (Å²) in [4.78, 5) is 24.7. The van der Waals surface area contributed by atoms with Crippen LogP contribution < -0.4 is 4.72 Å². The van der Waals surface area contributed by atoms with Gasteiger partial charge in [-0.3, -0.25) is 9.59 Å². The first-order chi connectivity index (χ1) is 13.2. The fourth-order valence-electron chi connectivity index (χ4n) is 4.33. The van der Waals surface area contributed by atoms with E-state index in [0.29, 0.717) is 31.1 Å². The van der Waals surface area contributed by atoms with Crippen LogP contribution in [0.15, 0.2) is 0 Å². The van der Waals surface area contributed by atoms with E-state index in [9.17, 15) is 31.2 Å². The maximum Gasteiger partial charge on any atom is 0.516 e. The lowest BCUT2D eigenvalue weighted by atomic mass is 9.64. The molecule has 29 heavy (non-hydrogen) atoms. The average molecular weight is 442 g/mol. The van der Waals surface area contributed by atoms with Crippen molar-refractivity contribution in [1.29, 1.82) is 0 Å². The van der Waals surface area contributed by atoms with Crippen LogP contribution in [0, 0.1) is 17.3 Å². The molecule has 2 bridgehead atoms. The zero-order chi connectivity index (χ0) is 22.1. The van der Waals surface area contributed by atoms with Crippen molar-refractivity contribution in [2.45, 2.75) is 89.7 Å².